The number of hydrogen-bond acceptors (Lipinski definition) is 2. The van der Waals surface area contributed by atoms with Gasteiger partial charge in [0.25, 0.3) is 0 Å². The summed E-state index contributed by atoms with van der Waals surface area (Å²) in [6, 6.07) is 9.82. The van der Waals surface area contributed by atoms with E-state index in [2.05, 4.69) is 10.6 Å². The van der Waals surface area contributed by atoms with Gasteiger partial charge in [0.15, 0.2) is 0 Å². The Balaban J connectivity index is 1.69. The Morgan fingerprint density at radius 3 is 2.45 bits per heavy atom. The Morgan fingerprint density at radius 2 is 1.85 bits per heavy atom. The van der Waals surface area contributed by atoms with Gasteiger partial charge in [-0.25, -0.2) is 4.79 Å². The number of carbonyl (C=O) groups excluding carboxylic acids is 2. The van der Waals surface area contributed by atoms with Gasteiger partial charge in [0.2, 0.25) is 5.91 Å². The second kappa shape index (κ2) is 6.93. The van der Waals surface area contributed by atoms with Crippen LogP contribution in [0.1, 0.15) is 25.3 Å². The summed E-state index contributed by atoms with van der Waals surface area (Å²) in [5, 5.41) is 5.81. The molecule has 1 aliphatic rings. The maximum atomic E-state index is 11.8. The largest absolute Gasteiger partial charge is 0.343 e. The fraction of sp³-hybridized carbons (Fsp3) is 0.467. The summed E-state index contributed by atoms with van der Waals surface area (Å²) in [4.78, 5) is 24.8. The van der Waals surface area contributed by atoms with E-state index in [1.165, 1.54) is 0 Å². The summed E-state index contributed by atoms with van der Waals surface area (Å²) in [6.07, 6.45) is 1.64. The van der Waals surface area contributed by atoms with Crippen LogP contribution in [0, 0.1) is 0 Å². The van der Waals surface area contributed by atoms with Gasteiger partial charge in [0, 0.05) is 32.6 Å². The third kappa shape index (κ3) is 4.26. The van der Waals surface area contributed by atoms with Gasteiger partial charge in [-0.3, -0.25) is 4.79 Å². The highest BCUT2D eigenvalue weighted by molar-refractivity contribution is 5.75. The van der Waals surface area contributed by atoms with Crippen LogP contribution in [0.2, 0.25) is 0 Å². The average Bonchev–Trinajstić information content (AvgIpc) is 2.47. The topological polar surface area (TPSA) is 61.4 Å². The SMILES string of the molecule is CC(=O)N1CCC(NC(=O)NCc2ccccc2)CC1. The molecule has 0 spiro atoms. The minimum atomic E-state index is -0.143. The second-order valence-corrected chi connectivity index (χ2v) is 5.09. The van der Waals surface area contributed by atoms with Crippen LogP contribution in [0.5, 0.6) is 0 Å². The van der Waals surface area contributed by atoms with Crippen molar-refractivity contribution in [2.45, 2.75) is 32.4 Å². The van der Waals surface area contributed by atoms with E-state index in [4.69, 9.17) is 0 Å². The maximum Gasteiger partial charge on any atom is 0.315 e. The van der Waals surface area contributed by atoms with E-state index < -0.39 is 0 Å². The van der Waals surface area contributed by atoms with Crippen LogP contribution >= 0.6 is 0 Å². The highest BCUT2D eigenvalue weighted by Crippen LogP contribution is 2.10. The number of likely N-dealkylation sites (tertiary alicyclic amines) is 1. The molecule has 5 nitrogen and oxygen atoms in total. The zero-order valence-electron chi connectivity index (χ0n) is 11.8. The van der Waals surface area contributed by atoms with Crippen LogP contribution in [0.4, 0.5) is 4.79 Å². The Bertz CT molecular complexity index is 453. The van der Waals surface area contributed by atoms with E-state index in [9.17, 15) is 9.59 Å². The van der Waals surface area contributed by atoms with E-state index >= 15 is 0 Å². The minimum absolute atomic E-state index is 0.108. The Morgan fingerprint density at radius 1 is 1.20 bits per heavy atom. The predicted octanol–water partition coefficient (Wildman–Crippen LogP) is 1.50. The lowest BCUT2D eigenvalue weighted by atomic mass is 10.1. The molecule has 2 N–H and O–H groups in total. The Kier molecular flexibility index (Phi) is 4.98. The van der Waals surface area contributed by atoms with Crippen LogP contribution < -0.4 is 10.6 Å². The molecule has 2 rings (SSSR count). The quantitative estimate of drug-likeness (QED) is 0.878. The van der Waals surface area contributed by atoms with Crippen molar-refractivity contribution in [3.63, 3.8) is 0 Å². The van der Waals surface area contributed by atoms with Crippen LogP contribution in [-0.4, -0.2) is 36.0 Å². The van der Waals surface area contributed by atoms with Crippen LogP contribution in [0.15, 0.2) is 30.3 Å². The molecule has 1 fully saturated rings. The van der Waals surface area contributed by atoms with E-state index in [0.717, 1.165) is 31.5 Å². The zero-order chi connectivity index (χ0) is 14.4. The molecule has 1 aromatic carbocycles. The van der Waals surface area contributed by atoms with Crippen LogP contribution in [0.3, 0.4) is 0 Å². The first-order valence-electron chi connectivity index (χ1n) is 6.99. The van der Waals surface area contributed by atoms with Crippen molar-refractivity contribution in [2.24, 2.45) is 0 Å². The number of hydrogen-bond donors (Lipinski definition) is 2. The molecule has 0 bridgehead atoms. The highest BCUT2D eigenvalue weighted by Gasteiger charge is 2.21. The molecule has 5 heteroatoms. The van der Waals surface area contributed by atoms with Crippen molar-refractivity contribution < 1.29 is 9.59 Å². The van der Waals surface area contributed by atoms with Gasteiger partial charge in [-0.15, -0.1) is 0 Å². The number of benzene rings is 1. The number of amides is 3. The summed E-state index contributed by atoms with van der Waals surface area (Å²) in [5.74, 6) is 0.108. The maximum absolute atomic E-state index is 11.8. The number of urea groups is 1. The third-order valence-electron chi connectivity index (χ3n) is 3.57. The Labute approximate surface area is 119 Å². The van der Waals surface area contributed by atoms with Crippen molar-refractivity contribution in [1.29, 1.82) is 0 Å². The average molecular weight is 275 g/mol. The molecule has 1 aliphatic heterocycles. The van der Waals surface area contributed by atoms with Crippen molar-refractivity contribution >= 4 is 11.9 Å². The summed E-state index contributed by atoms with van der Waals surface area (Å²) in [6.45, 7) is 3.55. The minimum Gasteiger partial charge on any atom is -0.343 e. The number of rotatable bonds is 3. The molecule has 1 aromatic rings. The van der Waals surface area contributed by atoms with Crippen molar-refractivity contribution in [3.05, 3.63) is 35.9 Å². The predicted molar refractivity (Wildman–Crippen MR) is 77.1 cm³/mol. The molecule has 0 unspecified atom stereocenters. The number of carbonyl (C=O) groups is 2. The van der Waals surface area contributed by atoms with Crippen LogP contribution in [0.25, 0.3) is 0 Å². The molecule has 1 saturated heterocycles. The van der Waals surface area contributed by atoms with Gasteiger partial charge < -0.3 is 15.5 Å². The molecule has 108 valence electrons. The monoisotopic (exact) mass is 275 g/mol. The third-order valence-corrected chi connectivity index (χ3v) is 3.57. The van der Waals surface area contributed by atoms with Gasteiger partial charge >= 0.3 is 6.03 Å². The lowest BCUT2D eigenvalue weighted by Gasteiger charge is -2.31. The molecule has 0 atom stereocenters. The fourth-order valence-corrected chi connectivity index (χ4v) is 2.35. The lowest BCUT2D eigenvalue weighted by Crippen LogP contribution is -2.48. The van der Waals surface area contributed by atoms with Gasteiger partial charge in [0.05, 0.1) is 0 Å². The van der Waals surface area contributed by atoms with E-state index in [1.54, 1.807) is 6.92 Å². The number of piperidine rings is 1. The van der Waals surface area contributed by atoms with E-state index in [-0.39, 0.29) is 18.0 Å². The molecule has 0 radical (unpaired) electrons. The van der Waals surface area contributed by atoms with Gasteiger partial charge in [0.1, 0.15) is 0 Å². The first-order chi connectivity index (χ1) is 9.65. The van der Waals surface area contributed by atoms with Crippen molar-refractivity contribution in [2.75, 3.05) is 13.1 Å². The van der Waals surface area contributed by atoms with E-state index in [1.807, 2.05) is 35.2 Å². The molecular weight excluding hydrogens is 254 g/mol. The molecule has 0 saturated carbocycles. The Hall–Kier alpha value is -2.04. The standard InChI is InChI=1S/C15H21N3O2/c1-12(19)18-9-7-14(8-10-18)17-15(20)16-11-13-5-3-2-4-6-13/h2-6,14H,7-11H2,1H3,(H2,16,17,20). The fourth-order valence-electron chi connectivity index (χ4n) is 2.35. The van der Waals surface area contributed by atoms with E-state index in [0.29, 0.717) is 6.54 Å². The molecular formula is C15H21N3O2. The summed E-state index contributed by atoms with van der Waals surface area (Å²) in [5.41, 5.74) is 1.08. The second-order valence-electron chi connectivity index (χ2n) is 5.09. The molecule has 20 heavy (non-hydrogen) atoms. The highest BCUT2D eigenvalue weighted by atomic mass is 16.2. The molecule has 1 heterocycles. The number of nitrogens with zero attached hydrogens (tertiary/aromatic N) is 1. The van der Waals surface area contributed by atoms with Crippen molar-refractivity contribution in [3.8, 4) is 0 Å². The summed E-state index contributed by atoms with van der Waals surface area (Å²) >= 11 is 0. The lowest BCUT2D eigenvalue weighted by molar-refractivity contribution is -0.129. The molecule has 0 aromatic heterocycles. The zero-order valence-corrected chi connectivity index (χ0v) is 11.8. The van der Waals surface area contributed by atoms with Gasteiger partial charge in [-0.2, -0.15) is 0 Å². The van der Waals surface area contributed by atoms with Crippen LogP contribution in [-0.2, 0) is 11.3 Å². The van der Waals surface area contributed by atoms with Gasteiger partial charge in [-0.05, 0) is 18.4 Å². The number of nitrogens with one attached hydrogen (secondary N) is 2. The van der Waals surface area contributed by atoms with Crippen molar-refractivity contribution in [1.82, 2.24) is 15.5 Å². The first-order valence-corrected chi connectivity index (χ1v) is 6.99. The normalized spacial score (nSPS) is 15.8. The molecule has 0 aliphatic carbocycles. The summed E-state index contributed by atoms with van der Waals surface area (Å²) < 4.78 is 0. The first kappa shape index (κ1) is 14.4. The molecule has 3 amide bonds. The van der Waals surface area contributed by atoms with Gasteiger partial charge in [-0.1, -0.05) is 30.3 Å². The smallest absolute Gasteiger partial charge is 0.315 e. The summed E-state index contributed by atoms with van der Waals surface area (Å²) in [7, 11) is 0.